The van der Waals surface area contributed by atoms with Gasteiger partial charge in [0.05, 0.1) is 18.6 Å². The quantitative estimate of drug-likeness (QED) is 0.582. The van der Waals surface area contributed by atoms with Gasteiger partial charge in [-0.05, 0) is 30.9 Å². The van der Waals surface area contributed by atoms with Crippen molar-refractivity contribution in [3.8, 4) is 6.07 Å². The Kier molecular flexibility index (Phi) is 4.42. The van der Waals surface area contributed by atoms with E-state index in [1.54, 1.807) is 19.1 Å². The van der Waals surface area contributed by atoms with E-state index in [0.29, 0.717) is 12.0 Å². The molecule has 2 aliphatic rings. The van der Waals surface area contributed by atoms with E-state index in [1.165, 1.54) is 14.0 Å². The van der Waals surface area contributed by atoms with Crippen LogP contribution in [-0.4, -0.2) is 31.4 Å². The second-order valence-corrected chi connectivity index (χ2v) is 6.11. The summed E-state index contributed by atoms with van der Waals surface area (Å²) in [6.07, 6.45) is 3.99. The average molecular weight is 317 g/mol. The molecule has 0 radical (unpaired) electrons. The molecule has 0 aromatic rings. The average Bonchev–Trinajstić information content (AvgIpc) is 2.74. The van der Waals surface area contributed by atoms with E-state index in [1.807, 2.05) is 0 Å². The topological polar surface area (TPSA) is 93.5 Å². The summed E-state index contributed by atoms with van der Waals surface area (Å²) in [7, 11) is 1.23. The van der Waals surface area contributed by atoms with Gasteiger partial charge in [0.2, 0.25) is 0 Å². The molecule has 0 aromatic heterocycles. The van der Waals surface area contributed by atoms with Crippen LogP contribution in [-0.2, 0) is 23.9 Å². The molecule has 0 saturated carbocycles. The molecule has 0 unspecified atom stereocenters. The van der Waals surface area contributed by atoms with Crippen LogP contribution in [0.5, 0.6) is 0 Å². The molecule has 2 atom stereocenters. The van der Waals surface area contributed by atoms with Crippen LogP contribution in [0.4, 0.5) is 0 Å². The van der Waals surface area contributed by atoms with Crippen LogP contribution in [0, 0.1) is 22.2 Å². The van der Waals surface area contributed by atoms with Gasteiger partial charge in [0.25, 0.3) is 0 Å². The Bertz CT molecular complexity index is 669. The summed E-state index contributed by atoms with van der Waals surface area (Å²) < 4.78 is 9.85. The Balaban J connectivity index is 2.50. The van der Waals surface area contributed by atoms with Gasteiger partial charge in [-0.1, -0.05) is 12.2 Å². The van der Waals surface area contributed by atoms with Crippen molar-refractivity contribution in [2.75, 3.05) is 13.7 Å². The lowest BCUT2D eigenvalue weighted by atomic mass is 9.67. The van der Waals surface area contributed by atoms with Crippen molar-refractivity contribution in [3.63, 3.8) is 0 Å². The molecule has 23 heavy (non-hydrogen) atoms. The van der Waals surface area contributed by atoms with Gasteiger partial charge in [-0.3, -0.25) is 9.59 Å². The largest absolute Gasteiger partial charge is 0.468 e. The fourth-order valence-corrected chi connectivity index (χ4v) is 3.39. The number of carbonyl (C=O) groups excluding carboxylic acids is 3. The van der Waals surface area contributed by atoms with Gasteiger partial charge in [0.1, 0.15) is 12.4 Å². The Morgan fingerprint density at radius 2 is 2.09 bits per heavy atom. The van der Waals surface area contributed by atoms with Crippen LogP contribution in [0.1, 0.15) is 33.1 Å². The first-order valence-electron chi connectivity index (χ1n) is 7.35. The number of carbonyl (C=O) groups is 3. The number of nitriles is 1. The number of ketones is 1. The minimum atomic E-state index is -1.51. The van der Waals surface area contributed by atoms with Gasteiger partial charge in [-0.15, -0.1) is 0 Å². The zero-order valence-corrected chi connectivity index (χ0v) is 13.5. The van der Waals surface area contributed by atoms with Gasteiger partial charge >= 0.3 is 11.9 Å². The van der Waals surface area contributed by atoms with E-state index in [4.69, 9.17) is 9.47 Å². The Hall–Kier alpha value is -2.42. The van der Waals surface area contributed by atoms with Crippen molar-refractivity contribution in [1.29, 1.82) is 5.26 Å². The molecule has 2 aliphatic carbocycles. The van der Waals surface area contributed by atoms with E-state index in [9.17, 15) is 19.6 Å². The standard InChI is InChI=1S/C17H19NO5/c1-11(19)23-9-12-6-7-17(10-18,15(21)22-3)13-4-5-14(20)16(13,2)8-12/h4,6H,5,7-9H2,1-3H3/t16-,17+/m0/s1. The van der Waals surface area contributed by atoms with Crippen molar-refractivity contribution in [3.05, 3.63) is 23.3 Å². The molecule has 0 saturated heterocycles. The van der Waals surface area contributed by atoms with Crippen molar-refractivity contribution >= 4 is 17.7 Å². The van der Waals surface area contributed by atoms with Gasteiger partial charge in [0, 0.05) is 13.3 Å². The summed E-state index contributed by atoms with van der Waals surface area (Å²) in [4.78, 5) is 35.8. The third-order valence-electron chi connectivity index (χ3n) is 4.62. The van der Waals surface area contributed by atoms with Crippen molar-refractivity contribution in [2.24, 2.45) is 10.8 Å². The molecule has 2 rings (SSSR count). The molecule has 6 nitrogen and oxygen atoms in total. The lowest BCUT2D eigenvalue weighted by Crippen LogP contribution is -2.39. The maximum Gasteiger partial charge on any atom is 0.330 e. The Morgan fingerprint density at radius 3 is 2.65 bits per heavy atom. The van der Waals surface area contributed by atoms with Crippen molar-refractivity contribution in [2.45, 2.75) is 33.1 Å². The van der Waals surface area contributed by atoms with Gasteiger partial charge < -0.3 is 9.47 Å². The first-order valence-corrected chi connectivity index (χ1v) is 7.35. The first-order chi connectivity index (χ1) is 10.8. The lowest BCUT2D eigenvalue weighted by Gasteiger charge is -2.33. The summed E-state index contributed by atoms with van der Waals surface area (Å²) in [6.45, 7) is 3.09. The summed E-state index contributed by atoms with van der Waals surface area (Å²) in [5.74, 6) is -1.14. The number of rotatable bonds is 3. The third kappa shape index (κ3) is 2.67. The maximum atomic E-state index is 12.4. The minimum Gasteiger partial charge on any atom is -0.468 e. The SMILES string of the molecule is COC(=O)[C@@]1(C#N)CC=C(COC(C)=O)C[C@]2(C)C(=O)CC=C21. The zero-order chi connectivity index (χ0) is 17.3. The summed E-state index contributed by atoms with van der Waals surface area (Å²) in [6, 6.07) is 2.06. The molecule has 6 heteroatoms. The molecule has 0 spiro atoms. The lowest BCUT2D eigenvalue weighted by molar-refractivity contribution is -0.148. The summed E-state index contributed by atoms with van der Waals surface area (Å²) >= 11 is 0. The molecule has 122 valence electrons. The fourth-order valence-electron chi connectivity index (χ4n) is 3.39. The van der Waals surface area contributed by atoms with Crippen molar-refractivity contribution in [1.82, 2.24) is 0 Å². The molecule has 0 bridgehead atoms. The molecule has 0 heterocycles. The van der Waals surface area contributed by atoms with Crippen molar-refractivity contribution < 1.29 is 23.9 Å². The highest BCUT2D eigenvalue weighted by Crippen LogP contribution is 2.53. The van der Waals surface area contributed by atoms with Crippen LogP contribution in [0.3, 0.4) is 0 Å². The van der Waals surface area contributed by atoms with Crippen LogP contribution >= 0.6 is 0 Å². The number of allylic oxidation sites excluding steroid dienone is 2. The van der Waals surface area contributed by atoms with Crippen LogP contribution < -0.4 is 0 Å². The second kappa shape index (κ2) is 5.99. The highest BCUT2D eigenvalue weighted by atomic mass is 16.5. The maximum absolute atomic E-state index is 12.4. The predicted molar refractivity (Wildman–Crippen MR) is 79.8 cm³/mol. The zero-order valence-electron chi connectivity index (χ0n) is 13.5. The molecule has 0 aliphatic heterocycles. The number of hydrogen-bond donors (Lipinski definition) is 0. The number of fused-ring (bicyclic) bond motifs is 1. The Morgan fingerprint density at radius 1 is 1.39 bits per heavy atom. The van der Waals surface area contributed by atoms with E-state index >= 15 is 0 Å². The van der Waals surface area contributed by atoms with Gasteiger partial charge in [0.15, 0.2) is 5.41 Å². The number of methoxy groups -OCH3 is 1. The Labute approximate surface area is 134 Å². The normalized spacial score (nSPS) is 29.6. The number of Topliss-reactive ketones (excluding diaryl/α,β-unsaturated/α-hetero) is 1. The van der Waals surface area contributed by atoms with E-state index < -0.39 is 22.8 Å². The molecule has 0 fully saturated rings. The van der Waals surface area contributed by atoms with Crippen LogP contribution in [0.25, 0.3) is 0 Å². The van der Waals surface area contributed by atoms with Crippen LogP contribution in [0.2, 0.25) is 0 Å². The summed E-state index contributed by atoms with van der Waals surface area (Å²) in [5, 5.41) is 9.70. The minimum absolute atomic E-state index is 0.0494. The number of nitrogens with zero attached hydrogens (tertiary/aromatic N) is 1. The van der Waals surface area contributed by atoms with E-state index in [2.05, 4.69) is 6.07 Å². The molecule has 0 N–H and O–H groups in total. The van der Waals surface area contributed by atoms with Gasteiger partial charge in [-0.25, -0.2) is 4.79 Å². The number of esters is 2. The summed E-state index contributed by atoms with van der Waals surface area (Å²) in [5.41, 5.74) is -1.23. The number of ether oxygens (including phenoxy) is 2. The predicted octanol–water partition coefficient (Wildman–Crippen LogP) is 1.86. The fraction of sp³-hybridized carbons (Fsp3) is 0.529. The second-order valence-electron chi connectivity index (χ2n) is 6.11. The van der Waals surface area contributed by atoms with Gasteiger partial charge in [-0.2, -0.15) is 5.26 Å². The number of hydrogen-bond acceptors (Lipinski definition) is 6. The first kappa shape index (κ1) is 16.9. The monoisotopic (exact) mass is 317 g/mol. The van der Waals surface area contributed by atoms with E-state index in [-0.39, 0.29) is 25.2 Å². The molecular formula is C17H19NO5. The molecule has 0 amide bonds. The van der Waals surface area contributed by atoms with Crippen LogP contribution in [0.15, 0.2) is 23.3 Å². The highest BCUT2D eigenvalue weighted by molar-refractivity contribution is 5.97. The van der Waals surface area contributed by atoms with E-state index in [0.717, 1.165) is 5.57 Å². The highest BCUT2D eigenvalue weighted by Gasteiger charge is 2.56. The molecular weight excluding hydrogens is 298 g/mol. The smallest absolute Gasteiger partial charge is 0.330 e. The molecule has 0 aromatic carbocycles. The third-order valence-corrected chi connectivity index (χ3v) is 4.62.